The molecule has 5 heteroatoms. The van der Waals surface area contributed by atoms with Gasteiger partial charge in [0.25, 0.3) is 0 Å². The van der Waals surface area contributed by atoms with Gasteiger partial charge in [-0.25, -0.2) is 0 Å². The first-order valence-corrected chi connectivity index (χ1v) is 8.71. The lowest BCUT2D eigenvalue weighted by molar-refractivity contribution is -0.117. The average Bonchev–Trinajstić information content (AvgIpc) is 2.57. The van der Waals surface area contributed by atoms with Gasteiger partial charge in [0, 0.05) is 51.0 Å². The molecule has 5 nitrogen and oxygen atoms in total. The maximum absolute atomic E-state index is 12.3. The van der Waals surface area contributed by atoms with Crippen molar-refractivity contribution in [2.45, 2.75) is 27.2 Å². The topological polar surface area (TPSA) is 52.7 Å². The number of hydrogen-bond acceptors (Lipinski definition) is 3. The number of amides is 2. The Morgan fingerprint density at radius 1 is 0.962 bits per heavy atom. The molecule has 2 rings (SSSR count). The monoisotopic (exact) mass is 353 g/mol. The molecule has 0 heterocycles. The highest BCUT2D eigenvalue weighted by molar-refractivity contribution is 5.95. The van der Waals surface area contributed by atoms with Crippen LogP contribution >= 0.6 is 0 Å². The Hall–Kier alpha value is -2.82. The lowest BCUT2D eigenvalue weighted by Gasteiger charge is -2.25. The molecule has 0 bridgehead atoms. The molecule has 0 fully saturated rings. The van der Waals surface area contributed by atoms with Crippen LogP contribution < -0.4 is 15.1 Å². The van der Waals surface area contributed by atoms with E-state index >= 15 is 0 Å². The maximum Gasteiger partial charge on any atom is 0.226 e. The second kappa shape index (κ2) is 8.52. The first kappa shape index (κ1) is 19.5. The lowest BCUT2D eigenvalue weighted by Crippen LogP contribution is -2.33. The van der Waals surface area contributed by atoms with Gasteiger partial charge in [-0.05, 0) is 49.2 Å². The molecule has 0 radical (unpaired) electrons. The van der Waals surface area contributed by atoms with Crippen LogP contribution in [0.5, 0.6) is 0 Å². The summed E-state index contributed by atoms with van der Waals surface area (Å²) < 4.78 is 0. The summed E-state index contributed by atoms with van der Waals surface area (Å²) in [5.74, 6) is -0.175. The van der Waals surface area contributed by atoms with Gasteiger partial charge in [0.05, 0.1) is 0 Å². The highest BCUT2D eigenvalue weighted by atomic mass is 16.2. The van der Waals surface area contributed by atoms with Crippen LogP contribution in [-0.4, -0.2) is 32.5 Å². The van der Waals surface area contributed by atoms with E-state index in [0.717, 1.165) is 28.2 Å². The molecular weight excluding hydrogens is 326 g/mol. The molecule has 0 saturated carbocycles. The molecule has 0 aliphatic carbocycles. The van der Waals surface area contributed by atoms with Gasteiger partial charge in [-0.2, -0.15) is 0 Å². The maximum atomic E-state index is 12.3. The van der Waals surface area contributed by atoms with Crippen molar-refractivity contribution in [3.8, 4) is 0 Å². The summed E-state index contributed by atoms with van der Waals surface area (Å²) in [5, 5.41) is 2.89. The van der Waals surface area contributed by atoms with Crippen molar-refractivity contribution < 1.29 is 9.59 Å². The van der Waals surface area contributed by atoms with E-state index < -0.39 is 0 Å². The van der Waals surface area contributed by atoms with Crippen molar-refractivity contribution in [2.75, 3.05) is 35.8 Å². The summed E-state index contributed by atoms with van der Waals surface area (Å²) in [6.45, 7) is 5.84. The van der Waals surface area contributed by atoms with Gasteiger partial charge in [-0.1, -0.05) is 18.2 Å². The molecule has 0 atom stereocenters. The Morgan fingerprint density at radius 3 is 2.04 bits per heavy atom. The summed E-state index contributed by atoms with van der Waals surface area (Å²) in [7, 11) is 3.94. The number of para-hydroxylation sites is 1. The van der Waals surface area contributed by atoms with Crippen LogP contribution in [0.2, 0.25) is 0 Å². The van der Waals surface area contributed by atoms with Crippen LogP contribution in [-0.2, 0) is 9.59 Å². The van der Waals surface area contributed by atoms with Crippen LogP contribution in [0.4, 0.5) is 17.1 Å². The van der Waals surface area contributed by atoms with E-state index in [1.54, 1.807) is 4.90 Å². The quantitative estimate of drug-likeness (QED) is 0.860. The van der Waals surface area contributed by atoms with Crippen molar-refractivity contribution in [3.63, 3.8) is 0 Å². The van der Waals surface area contributed by atoms with Gasteiger partial charge in [-0.3, -0.25) is 9.59 Å². The number of aryl methyl sites for hydroxylation is 2. The molecule has 2 aromatic carbocycles. The molecular formula is C21H27N3O2. The molecule has 0 spiro atoms. The van der Waals surface area contributed by atoms with Crippen molar-refractivity contribution in [1.82, 2.24) is 0 Å². The van der Waals surface area contributed by atoms with E-state index in [1.165, 1.54) is 6.92 Å². The Labute approximate surface area is 155 Å². The SMILES string of the molecule is CC(=O)N(CCC(=O)Nc1ccc(N(C)C)cc1)c1c(C)cccc1C. The standard InChI is InChI=1S/C21H27N3O2/c1-15-7-6-8-16(2)21(15)24(17(3)25)14-13-20(26)22-18-9-11-19(12-10-18)23(4)5/h6-12H,13-14H2,1-5H3,(H,22,26). The van der Waals surface area contributed by atoms with Crippen LogP contribution in [0.25, 0.3) is 0 Å². The highest BCUT2D eigenvalue weighted by Crippen LogP contribution is 2.25. The number of anilines is 3. The van der Waals surface area contributed by atoms with E-state index in [0.29, 0.717) is 6.54 Å². The fourth-order valence-corrected chi connectivity index (χ4v) is 2.94. The van der Waals surface area contributed by atoms with Crippen molar-refractivity contribution in [3.05, 3.63) is 53.6 Å². The van der Waals surface area contributed by atoms with Gasteiger partial charge in [0.2, 0.25) is 11.8 Å². The predicted octanol–water partition coefficient (Wildman–Crippen LogP) is 3.75. The Kier molecular flexibility index (Phi) is 6.39. The highest BCUT2D eigenvalue weighted by Gasteiger charge is 2.17. The molecule has 0 unspecified atom stereocenters. The van der Waals surface area contributed by atoms with Crippen molar-refractivity contribution >= 4 is 28.9 Å². The van der Waals surface area contributed by atoms with E-state index in [-0.39, 0.29) is 18.2 Å². The molecule has 2 aromatic rings. The largest absolute Gasteiger partial charge is 0.378 e. The zero-order chi connectivity index (χ0) is 19.3. The summed E-state index contributed by atoms with van der Waals surface area (Å²) in [4.78, 5) is 28.1. The van der Waals surface area contributed by atoms with Crippen molar-refractivity contribution in [1.29, 1.82) is 0 Å². The van der Waals surface area contributed by atoms with E-state index in [9.17, 15) is 9.59 Å². The fraction of sp³-hybridized carbons (Fsp3) is 0.333. The third kappa shape index (κ3) is 4.85. The summed E-state index contributed by atoms with van der Waals surface area (Å²) >= 11 is 0. The summed E-state index contributed by atoms with van der Waals surface area (Å²) in [6.07, 6.45) is 0.239. The zero-order valence-corrected chi connectivity index (χ0v) is 16.2. The van der Waals surface area contributed by atoms with Crippen LogP contribution in [0, 0.1) is 13.8 Å². The van der Waals surface area contributed by atoms with Gasteiger partial charge < -0.3 is 15.1 Å². The second-order valence-electron chi connectivity index (χ2n) is 6.65. The Bertz CT molecular complexity index is 762. The van der Waals surface area contributed by atoms with Crippen molar-refractivity contribution in [2.24, 2.45) is 0 Å². The number of hydrogen-bond donors (Lipinski definition) is 1. The minimum Gasteiger partial charge on any atom is -0.378 e. The molecule has 0 saturated heterocycles. The number of nitrogens with one attached hydrogen (secondary N) is 1. The third-order valence-corrected chi connectivity index (χ3v) is 4.32. The summed E-state index contributed by atoms with van der Waals surface area (Å²) in [5.41, 5.74) is 4.77. The molecule has 1 N–H and O–H groups in total. The number of carbonyl (C=O) groups is 2. The predicted molar refractivity (Wildman–Crippen MR) is 108 cm³/mol. The van der Waals surface area contributed by atoms with Crippen LogP contribution in [0.15, 0.2) is 42.5 Å². The fourth-order valence-electron chi connectivity index (χ4n) is 2.94. The van der Waals surface area contributed by atoms with Gasteiger partial charge in [0.1, 0.15) is 0 Å². The molecule has 0 aliphatic rings. The number of nitrogens with zero attached hydrogens (tertiary/aromatic N) is 2. The third-order valence-electron chi connectivity index (χ3n) is 4.32. The van der Waals surface area contributed by atoms with Gasteiger partial charge in [0.15, 0.2) is 0 Å². The van der Waals surface area contributed by atoms with E-state index in [1.807, 2.05) is 75.3 Å². The molecule has 0 aliphatic heterocycles. The van der Waals surface area contributed by atoms with Gasteiger partial charge in [-0.15, -0.1) is 0 Å². The second-order valence-corrected chi connectivity index (χ2v) is 6.65. The smallest absolute Gasteiger partial charge is 0.226 e. The molecule has 26 heavy (non-hydrogen) atoms. The average molecular weight is 353 g/mol. The first-order valence-electron chi connectivity index (χ1n) is 8.71. The zero-order valence-electron chi connectivity index (χ0n) is 16.2. The van der Waals surface area contributed by atoms with Crippen LogP contribution in [0.1, 0.15) is 24.5 Å². The number of carbonyl (C=O) groups excluding carboxylic acids is 2. The van der Waals surface area contributed by atoms with E-state index in [2.05, 4.69) is 5.32 Å². The van der Waals surface area contributed by atoms with Gasteiger partial charge >= 0.3 is 0 Å². The Balaban J connectivity index is 2.03. The molecule has 0 aromatic heterocycles. The molecule has 2 amide bonds. The van der Waals surface area contributed by atoms with E-state index in [4.69, 9.17) is 0 Å². The number of rotatable bonds is 6. The normalized spacial score (nSPS) is 10.3. The number of benzene rings is 2. The first-order chi connectivity index (χ1) is 12.3. The van der Waals surface area contributed by atoms with Crippen LogP contribution in [0.3, 0.4) is 0 Å². The minimum atomic E-state index is -0.111. The Morgan fingerprint density at radius 2 is 1.54 bits per heavy atom. The summed E-state index contributed by atoms with van der Waals surface area (Å²) in [6, 6.07) is 13.6. The molecule has 138 valence electrons. The lowest BCUT2D eigenvalue weighted by atomic mass is 10.1. The minimum absolute atomic E-state index is 0.0643.